The van der Waals surface area contributed by atoms with Gasteiger partial charge in [0, 0.05) is 24.6 Å². The first-order valence-electron chi connectivity index (χ1n) is 15.1. The van der Waals surface area contributed by atoms with Crippen LogP contribution in [0, 0.1) is 0 Å². The molecule has 3 amide bonds. The first kappa shape index (κ1) is 32.6. The van der Waals surface area contributed by atoms with Crippen LogP contribution in [0.4, 0.5) is 15.4 Å². The average molecular weight is 604 g/mol. The van der Waals surface area contributed by atoms with Crippen molar-refractivity contribution in [1.29, 1.82) is 0 Å². The minimum absolute atomic E-state index is 0.105. The van der Waals surface area contributed by atoms with Crippen molar-refractivity contribution in [3.63, 3.8) is 0 Å². The molecule has 0 radical (unpaired) electrons. The minimum atomic E-state index is -0.856. The van der Waals surface area contributed by atoms with Crippen LogP contribution in [-0.4, -0.2) is 57.5 Å². The summed E-state index contributed by atoms with van der Waals surface area (Å²) in [4.78, 5) is 40.3. The van der Waals surface area contributed by atoms with Crippen molar-refractivity contribution in [2.75, 3.05) is 18.4 Å². The molecule has 1 atom stereocenters. The topological polar surface area (TPSA) is 115 Å². The lowest BCUT2D eigenvalue weighted by atomic mass is 9.70. The van der Waals surface area contributed by atoms with Crippen molar-refractivity contribution in [3.8, 4) is 0 Å². The van der Waals surface area contributed by atoms with Crippen molar-refractivity contribution >= 4 is 23.9 Å². The lowest BCUT2D eigenvalue weighted by molar-refractivity contribution is -0.117. The molecule has 236 valence electrons. The molecule has 0 aliphatic carbocycles. The van der Waals surface area contributed by atoms with E-state index in [0.29, 0.717) is 31.7 Å². The third-order valence-electron chi connectivity index (χ3n) is 7.62. The molecule has 10 heteroatoms. The van der Waals surface area contributed by atoms with Crippen molar-refractivity contribution in [3.05, 3.63) is 83.6 Å². The number of nitrogens with zero attached hydrogens (tertiary/aromatic N) is 3. The zero-order valence-electron chi connectivity index (χ0n) is 26.8. The summed E-state index contributed by atoms with van der Waals surface area (Å²) in [7, 11) is 0. The zero-order valence-corrected chi connectivity index (χ0v) is 26.8. The van der Waals surface area contributed by atoms with Crippen LogP contribution in [0.2, 0.25) is 0 Å². The van der Waals surface area contributed by atoms with Crippen molar-refractivity contribution in [1.82, 2.24) is 20.0 Å². The van der Waals surface area contributed by atoms with Crippen LogP contribution in [0.3, 0.4) is 0 Å². The Morgan fingerprint density at radius 2 is 1.52 bits per heavy atom. The number of nitrogens with one attached hydrogen (secondary N) is 2. The van der Waals surface area contributed by atoms with Crippen molar-refractivity contribution < 1.29 is 23.9 Å². The second-order valence-electron chi connectivity index (χ2n) is 13.3. The molecule has 0 unspecified atom stereocenters. The van der Waals surface area contributed by atoms with E-state index in [9.17, 15) is 14.4 Å². The fraction of sp³-hybridized carbons (Fsp3) is 0.471. The van der Waals surface area contributed by atoms with Gasteiger partial charge in [-0.2, -0.15) is 5.10 Å². The van der Waals surface area contributed by atoms with Crippen molar-refractivity contribution in [2.24, 2.45) is 0 Å². The monoisotopic (exact) mass is 603 g/mol. The number of rotatable bonds is 7. The van der Waals surface area contributed by atoms with E-state index in [1.165, 1.54) is 0 Å². The smallest absolute Gasteiger partial charge is 0.410 e. The van der Waals surface area contributed by atoms with Gasteiger partial charge in [0.1, 0.15) is 24.1 Å². The van der Waals surface area contributed by atoms with E-state index in [1.807, 2.05) is 101 Å². The van der Waals surface area contributed by atoms with Gasteiger partial charge in [-0.1, -0.05) is 60.7 Å². The molecule has 2 heterocycles. The summed E-state index contributed by atoms with van der Waals surface area (Å²) in [6.07, 6.45) is 0.267. The average Bonchev–Trinajstić information content (AvgIpc) is 3.41. The van der Waals surface area contributed by atoms with Crippen LogP contribution < -0.4 is 10.6 Å². The molecule has 0 bridgehead atoms. The molecule has 2 aromatic carbocycles. The maximum absolute atomic E-state index is 13.3. The Hall–Kier alpha value is -4.34. The zero-order chi connectivity index (χ0) is 32.1. The highest BCUT2D eigenvalue weighted by molar-refractivity contribution is 5.95. The number of amides is 3. The van der Waals surface area contributed by atoms with E-state index in [1.54, 1.807) is 11.8 Å². The second-order valence-corrected chi connectivity index (χ2v) is 13.3. The molecule has 44 heavy (non-hydrogen) atoms. The molecule has 2 N–H and O–H groups in total. The molecule has 1 aromatic heterocycles. The lowest BCUT2D eigenvalue weighted by Crippen LogP contribution is -2.47. The number of carbonyl (C=O) groups excluding carboxylic acids is 3. The van der Waals surface area contributed by atoms with E-state index in [0.717, 1.165) is 16.8 Å². The normalized spacial score (nSPS) is 15.7. The predicted molar refractivity (Wildman–Crippen MR) is 169 cm³/mol. The number of anilines is 1. The second kappa shape index (κ2) is 13.1. The maximum atomic E-state index is 13.3. The number of likely N-dealkylation sites (tertiary alicyclic amines) is 1. The van der Waals surface area contributed by atoms with Gasteiger partial charge in [-0.05, 0) is 72.4 Å². The number of piperidine rings is 1. The Balaban J connectivity index is 1.55. The summed E-state index contributed by atoms with van der Waals surface area (Å²) < 4.78 is 12.7. The first-order valence-corrected chi connectivity index (χ1v) is 15.1. The van der Waals surface area contributed by atoms with Gasteiger partial charge >= 0.3 is 12.2 Å². The molecule has 1 saturated heterocycles. The molecule has 1 fully saturated rings. The molecular weight excluding hydrogens is 558 g/mol. The van der Waals surface area contributed by atoms with Crippen LogP contribution in [0.1, 0.15) is 78.1 Å². The fourth-order valence-corrected chi connectivity index (χ4v) is 5.30. The van der Waals surface area contributed by atoms with Gasteiger partial charge in [-0.3, -0.25) is 4.79 Å². The summed E-state index contributed by atoms with van der Waals surface area (Å²) in [5.74, 6) is 0.126. The van der Waals surface area contributed by atoms with Gasteiger partial charge in [0.05, 0.1) is 11.2 Å². The predicted octanol–water partition coefficient (Wildman–Crippen LogP) is 6.21. The van der Waals surface area contributed by atoms with Crippen LogP contribution in [0.25, 0.3) is 0 Å². The van der Waals surface area contributed by atoms with E-state index in [4.69, 9.17) is 14.6 Å². The van der Waals surface area contributed by atoms with Crippen LogP contribution in [-0.2, 0) is 31.8 Å². The highest BCUT2D eigenvalue weighted by atomic mass is 16.6. The maximum Gasteiger partial charge on any atom is 0.410 e. The van der Waals surface area contributed by atoms with Gasteiger partial charge in [0.15, 0.2) is 0 Å². The Morgan fingerprint density at radius 3 is 2.09 bits per heavy atom. The number of aromatic nitrogens is 2. The lowest BCUT2D eigenvalue weighted by Gasteiger charge is -2.41. The number of hydrogen-bond donors (Lipinski definition) is 2. The Labute approximate surface area is 260 Å². The molecule has 4 rings (SSSR count). The first-order chi connectivity index (χ1) is 20.7. The Bertz CT molecular complexity index is 1430. The third-order valence-corrected chi connectivity index (χ3v) is 7.62. The van der Waals surface area contributed by atoms with Gasteiger partial charge in [0.2, 0.25) is 5.91 Å². The van der Waals surface area contributed by atoms with Crippen LogP contribution >= 0.6 is 0 Å². The largest absolute Gasteiger partial charge is 0.445 e. The summed E-state index contributed by atoms with van der Waals surface area (Å²) in [6.45, 7) is 14.4. The van der Waals surface area contributed by atoms with E-state index < -0.39 is 34.6 Å². The molecule has 0 saturated carbocycles. The summed E-state index contributed by atoms with van der Waals surface area (Å²) in [6, 6.07) is 20.6. The molecular formula is C34H45N5O5. The third kappa shape index (κ3) is 7.98. The molecule has 3 aromatic rings. The van der Waals surface area contributed by atoms with Crippen LogP contribution in [0.5, 0.6) is 0 Å². The molecule has 1 aliphatic rings. The van der Waals surface area contributed by atoms with Gasteiger partial charge < -0.3 is 25.0 Å². The number of ether oxygens (including phenoxy) is 2. The van der Waals surface area contributed by atoms with Crippen LogP contribution in [0.15, 0.2) is 66.7 Å². The van der Waals surface area contributed by atoms with E-state index in [2.05, 4.69) is 22.8 Å². The van der Waals surface area contributed by atoms with Crippen molar-refractivity contribution in [2.45, 2.75) is 90.5 Å². The fourth-order valence-electron chi connectivity index (χ4n) is 5.30. The van der Waals surface area contributed by atoms with Gasteiger partial charge in [0.25, 0.3) is 0 Å². The highest BCUT2D eigenvalue weighted by Crippen LogP contribution is 2.43. The summed E-state index contributed by atoms with van der Waals surface area (Å²) in [5.41, 5.74) is 1.24. The number of hydrogen-bond acceptors (Lipinski definition) is 6. The quantitative estimate of drug-likeness (QED) is 0.332. The molecule has 10 nitrogen and oxygen atoms in total. The number of benzene rings is 2. The summed E-state index contributed by atoms with van der Waals surface area (Å²) >= 11 is 0. The Morgan fingerprint density at radius 1 is 0.932 bits per heavy atom. The molecule has 1 aliphatic heterocycles. The van der Waals surface area contributed by atoms with Gasteiger partial charge in [-0.15, -0.1) is 0 Å². The number of alkyl carbamates (subject to hydrolysis) is 1. The van der Waals surface area contributed by atoms with E-state index >= 15 is 0 Å². The SMILES string of the molecule is C[C@H](NC(=O)OCc1ccccc1)C(=O)Nc1cc(C2(c3ccccc3)CCN(C(=O)OC(C)(C)C)CC2)nn1C(C)(C)C. The highest BCUT2D eigenvalue weighted by Gasteiger charge is 2.43. The minimum Gasteiger partial charge on any atom is -0.445 e. The standard InChI is InChI=1S/C34H45N5O5/c1-24(35-30(41)43-23-25-14-10-8-11-15-25)29(40)36-28-22-27(37-39(28)32(2,3)4)34(26-16-12-9-13-17-26)18-20-38(21-19-34)31(42)44-33(5,6)7/h8-17,22,24H,18-21,23H2,1-7H3,(H,35,41)(H,36,40)/t24-/m0/s1. The van der Waals surface area contributed by atoms with E-state index in [-0.39, 0.29) is 12.7 Å². The Kier molecular flexibility index (Phi) is 9.71. The summed E-state index contributed by atoms with van der Waals surface area (Å²) in [5, 5.41) is 10.7. The molecule has 0 spiro atoms. The van der Waals surface area contributed by atoms with Gasteiger partial charge in [-0.25, -0.2) is 14.3 Å². The number of carbonyl (C=O) groups is 3.